The first kappa shape index (κ1) is 18.8. The Morgan fingerprint density at radius 3 is 2.17 bits per heavy atom. The van der Waals surface area contributed by atoms with Crippen LogP contribution in [0.1, 0.15) is 10.4 Å². The summed E-state index contributed by atoms with van der Waals surface area (Å²) in [7, 11) is 3.09. The highest BCUT2D eigenvalue weighted by Crippen LogP contribution is 2.30. The second-order valence-corrected chi connectivity index (χ2v) is 6.57. The van der Waals surface area contributed by atoms with Crippen LogP contribution in [0.4, 0.5) is 6.01 Å². The van der Waals surface area contributed by atoms with Gasteiger partial charge in [0.15, 0.2) is 0 Å². The largest absolute Gasteiger partial charge is 0.496 e. The van der Waals surface area contributed by atoms with Gasteiger partial charge in [-0.2, -0.15) is 0 Å². The van der Waals surface area contributed by atoms with Crippen LogP contribution in [0, 0.1) is 0 Å². The summed E-state index contributed by atoms with van der Waals surface area (Å²) in [6.07, 6.45) is 0. The summed E-state index contributed by atoms with van der Waals surface area (Å²) in [6, 6.07) is 15.4. The van der Waals surface area contributed by atoms with Crippen molar-refractivity contribution in [2.45, 2.75) is 0 Å². The lowest BCUT2D eigenvalue weighted by Crippen LogP contribution is -2.49. The molecule has 1 fully saturated rings. The molecular formula is C21H22N4O4. The molecule has 2 heterocycles. The van der Waals surface area contributed by atoms with Crippen LogP contribution in [0.15, 0.2) is 52.9 Å². The molecule has 150 valence electrons. The van der Waals surface area contributed by atoms with Crippen molar-refractivity contribution >= 4 is 11.9 Å². The lowest BCUT2D eigenvalue weighted by Gasteiger charge is -2.34. The van der Waals surface area contributed by atoms with Gasteiger partial charge < -0.3 is 23.7 Å². The number of rotatable bonds is 5. The van der Waals surface area contributed by atoms with Crippen LogP contribution in [-0.2, 0) is 0 Å². The molecule has 0 saturated carbocycles. The van der Waals surface area contributed by atoms with E-state index in [2.05, 4.69) is 10.2 Å². The van der Waals surface area contributed by atoms with Crippen molar-refractivity contribution in [3.05, 3.63) is 54.1 Å². The predicted molar refractivity (Wildman–Crippen MR) is 107 cm³/mol. The summed E-state index contributed by atoms with van der Waals surface area (Å²) in [4.78, 5) is 16.9. The van der Waals surface area contributed by atoms with Crippen LogP contribution in [0.2, 0.25) is 0 Å². The maximum absolute atomic E-state index is 13.1. The van der Waals surface area contributed by atoms with E-state index in [1.807, 2.05) is 35.2 Å². The van der Waals surface area contributed by atoms with E-state index in [1.54, 1.807) is 37.3 Å². The standard InChI is InChI=1S/C21H22N4O4/c1-27-16-9-6-10-17(28-2)18(16)20(26)24-11-13-25(14-12-24)21-23-22-19(29-21)15-7-4-3-5-8-15/h3-10H,11-14H2,1-2H3. The third kappa shape index (κ3) is 3.73. The molecule has 0 radical (unpaired) electrons. The molecule has 0 spiro atoms. The van der Waals surface area contributed by atoms with E-state index in [4.69, 9.17) is 13.9 Å². The maximum Gasteiger partial charge on any atom is 0.318 e. The Kier molecular flexibility index (Phi) is 5.33. The van der Waals surface area contributed by atoms with Crippen LogP contribution in [0.5, 0.6) is 11.5 Å². The summed E-state index contributed by atoms with van der Waals surface area (Å²) in [5.74, 6) is 1.37. The Bertz CT molecular complexity index is 959. The summed E-state index contributed by atoms with van der Waals surface area (Å²) in [5, 5.41) is 8.30. The van der Waals surface area contributed by atoms with Gasteiger partial charge in [0.25, 0.3) is 5.91 Å². The van der Waals surface area contributed by atoms with Gasteiger partial charge in [0.1, 0.15) is 17.1 Å². The van der Waals surface area contributed by atoms with Gasteiger partial charge in [-0.3, -0.25) is 4.79 Å². The number of ether oxygens (including phenoxy) is 2. The molecule has 1 aliphatic heterocycles. The second-order valence-electron chi connectivity index (χ2n) is 6.57. The first-order valence-corrected chi connectivity index (χ1v) is 9.35. The lowest BCUT2D eigenvalue weighted by molar-refractivity contribution is 0.0738. The molecule has 0 aliphatic carbocycles. The van der Waals surface area contributed by atoms with Crippen molar-refractivity contribution in [3.63, 3.8) is 0 Å². The topological polar surface area (TPSA) is 80.9 Å². The predicted octanol–water partition coefficient (Wildman–Crippen LogP) is 2.72. The van der Waals surface area contributed by atoms with Crippen LogP contribution < -0.4 is 14.4 Å². The number of anilines is 1. The molecule has 8 nitrogen and oxygen atoms in total. The summed E-state index contributed by atoms with van der Waals surface area (Å²) < 4.78 is 16.6. The fourth-order valence-corrected chi connectivity index (χ4v) is 3.36. The number of aromatic nitrogens is 2. The van der Waals surface area contributed by atoms with Gasteiger partial charge in [-0.05, 0) is 24.3 Å². The average molecular weight is 394 g/mol. The van der Waals surface area contributed by atoms with Gasteiger partial charge in [-0.15, -0.1) is 5.10 Å². The minimum atomic E-state index is -0.116. The zero-order valence-corrected chi connectivity index (χ0v) is 16.4. The van der Waals surface area contributed by atoms with Crippen molar-refractivity contribution in [2.75, 3.05) is 45.3 Å². The average Bonchev–Trinajstić information content (AvgIpc) is 3.29. The Labute approximate surface area is 168 Å². The number of carbonyl (C=O) groups is 1. The zero-order chi connectivity index (χ0) is 20.2. The molecule has 1 aliphatic rings. The fraction of sp³-hybridized carbons (Fsp3) is 0.286. The monoisotopic (exact) mass is 394 g/mol. The van der Waals surface area contributed by atoms with Gasteiger partial charge in [-0.25, -0.2) is 0 Å². The lowest BCUT2D eigenvalue weighted by atomic mass is 10.1. The number of benzene rings is 2. The van der Waals surface area contributed by atoms with E-state index >= 15 is 0 Å². The Morgan fingerprint density at radius 2 is 1.55 bits per heavy atom. The molecule has 3 aromatic rings. The number of hydrogen-bond donors (Lipinski definition) is 0. The molecule has 0 unspecified atom stereocenters. The number of nitrogens with zero attached hydrogens (tertiary/aromatic N) is 4. The number of hydrogen-bond acceptors (Lipinski definition) is 7. The van der Waals surface area contributed by atoms with Gasteiger partial charge >= 0.3 is 6.01 Å². The second kappa shape index (κ2) is 8.22. The third-order valence-electron chi connectivity index (χ3n) is 4.91. The van der Waals surface area contributed by atoms with E-state index in [1.165, 1.54) is 0 Å². The summed E-state index contributed by atoms with van der Waals surface area (Å²) >= 11 is 0. The van der Waals surface area contributed by atoms with Crippen LogP contribution in [-0.4, -0.2) is 61.4 Å². The molecule has 1 saturated heterocycles. The molecular weight excluding hydrogens is 372 g/mol. The molecule has 0 atom stereocenters. The summed E-state index contributed by atoms with van der Waals surface area (Å²) in [6.45, 7) is 2.26. The van der Waals surface area contributed by atoms with Crippen LogP contribution in [0.3, 0.4) is 0 Å². The van der Waals surface area contributed by atoms with E-state index in [-0.39, 0.29) is 5.91 Å². The SMILES string of the molecule is COc1cccc(OC)c1C(=O)N1CCN(c2nnc(-c3ccccc3)o2)CC1. The first-order chi connectivity index (χ1) is 14.2. The quantitative estimate of drug-likeness (QED) is 0.658. The fourth-order valence-electron chi connectivity index (χ4n) is 3.36. The molecule has 1 amide bonds. The molecule has 29 heavy (non-hydrogen) atoms. The molecule has 0 N–H and O–H groups in total. The third-order valence-corrected chi connectivity index (χ3v) is 4.91. The summed E-state index contributed by atoms with van der Waals surface area (Å²) in [5.41, 5.74) is 1.32. The van der Waals surface area contributed by atoms with Crippen molar-refractivity contribution in [1.82, 2.24) is 15.1 Å². The maximum atomic E-state index is 13.1. The van der Waals surface area contributed by atoms with Gasteiger partial charge in [0, 0.05) is 31.7 Å². The number of piperazine rings is 1. The number of methoxy groups -OCH3 is 2. The number of amides is 1. The Balaban J connectivity index is 1.45. The zero-order valence-electron chi connectivity index (χ0n) is 16.4. The highest BCUT2D eigenvalue weighted by Gasteiger charge is 2.28. The van der Waals surface area contributed by atoms with E-state index in [0.717, 1.165) is 5.56 Å². The van der Waals surface area contributed by atoms with Crippen LogP contribution in [0.25, 0.3) is 11.5 Å². The van der Waals surface area contributed by atoms with E-state index < -0.39 is 0 Å². The molecule has 2 aromatic carbocycles. The minimum Gasteiger partial charge on any atom is -0.496 e. The van der Waals surface area contributed by atoms with Crippen molar-refractivity contribution < 1.29 is 18.7 Å². The van der Waals surface area contributed by atoms with Gasteiger partial charge in [0.2, 0.25) is 5.89 Å². The molecule has 1 aromatic heterocycles. The molecule has 0 bridgehead atoms. The minimum absolute atomic E-state index is 0.116. The van der Waals surface area contributed by atoms with E-state index in [0.29, 0.717) is 55.1 Å². The Hall–Kier alpha value is -3.55. The normalized spacial score (nSPS) is 14.0. The molecule has 4 rings (SSSR count). The van der Waals surface area contributed by atoms with E-state index in [9.17, 15) is 4.79 Å². The Morgan fingerprint density at radius 1 is 0.897 bits per heavy atom. The van der Waals surface area contributed by atoms with Gasteiger partial charge in [0.05, 0.1) is 14.2 Å². The number of carbonyl (C=O) groups excluding carboxylic acids is 1. The van der Waals surface area contributed by atoms with Crippen molar-refractivity contribution in [1.29, 1.82) is 0 Å². The highest BCUT2D eigenvalue weighted by molar-refractivity contribution is 5.99. The molecule has 8 heteroatoms. The first-order valence-electron chi connectivity index (χ1n) is 9.35. The van der Waals surface area contributed by atoms with Crippen molar-refractivity contribution in [2.24, 2.45) is 0 Å². The van der Waals surface area contributed by atoms with Gasteiger partial charge in [-0.1, -0.05) is 29.4 Å². The smallest absolute Gasteiger partial charge is 0.318 e. The highest BCUT2D eigenvalue weighted by atomic mass is 16.5. The van der Waals surface area contributed by atoms with Crippen molar-refractivity contribution in [3.8, 4) is 23.0 Å². The van der Waals surface area contributed by atoms with Crippen LogP contribution >= 0.6 is 0 Å².